The Morgan fingerprint density at radius 2 is 1.06 bits per heavy atom. The van der Waals surface area contributed by atoms with E-state index in [9.17, 15) is 9.59 Å². The summed E-state index contributed by atoms with van der Waals surface area (Å²) in [4.78, 5) is 21.7. The molecule has 0 unspecified atom stereocenters. The van der Waals surface area contributed by atoms with Gasteiger partial charge >= 0.3 is 11.9 Å². The van der Waals surface area contributed by atoms with Crippen LogP contribution in [-0.2, 0) is 9.59 Å². The van der Waals surface area contributed by atoms with E-state index in [1.165, 1.54) is 12.2 Å². The highest BCUT2D eigenvalue weighted by atomic mass is 16.4. The molecule has 0 aromatic rings. The predicted molar refractivity (Wildman–Crippen MR) is 70.3 cm³/mol. The van der Waals surface area contributed by atoms with Crippen LogP contribution in [-0.4, -0.2) is 22.2 Å². The SMILES string of the molecule is CC(C)\C(=C/C=C/C=C(/C(=O)O)C(C)C)C(=O)O. The Morgan fingerprint density at radius 3 is 1.22 bits per heavy atom. The van der Waals surface area contributed by atoms with E-state index < -0.39 is 11.9 Å². The molecular weight excluding hydrogens is 232 g/mol. The van der Waals surface area contributed by atoms with Gasteiger partial charge in [-0.15, -0.1) is 0 Å². The summed E-state index contributed by atoms with van der Waals surface area (Å²) in [6.45, 7) is 7.17. The lowest BCUT2D eigenvalue weighted by Gasteiger charge is -2.04. The first-order valence-electron chi connectivity index (χ1n) is 5.82. The summed E-state index contributed by atoms with van der Waals surface area (Å²) in [5, 5.41) is 17.8. The van der Waals surface area contributed by atoms with Crippen molar-refractivity contribution >= 4 is 11.9 Å². The topological polar surface area (TPSA) is 74.6 Å². The summed E-state index contributed by atoms with van der Waals surface area (Å²) in [5.74, 6) is -2.08. The molecule has 0 heterocycles. The van der Waals surface area contributed by atoms with Crippen LogP contribution < -0.4 is 0 Å². The van der Waals surface area contributed by atoms with Gasteiger partial charge in [0.25, 0.3) is 0 Å². The lowest BCUT2D eigenvalue weighted by Crippen LogP contribution is -2.06. The Hall–Kier alpha value is -1.84. The zero-order valence-electron chi connectivity index (χ0n) is 11.2. The zero-order valence-corrected chi connectivity index (χ0v) is 11.2. The Labute approximate surface area is 107 Å². The number of hydrogen-bond donors (Lipinski definition) is 2. The van der Waals surface area contributed by atoms with Gasteiger partial charge in [0.2, 0.25) is 0 Å². The fourth-order valence-corrected chi connectivity index (χ4v) is 1.34. The molecular formula is C14H20O4. The van der Waals surface area contributed by atoms with Gasteiger partial charge in [0.1, 0.15) is 0 Å². The average Bonchev–Trinajstić information content (AvgIpc) is 2.20. The second-order valence-electron chi connectivity index (χ2n) is 4.55. The van der Waals surface area contributed by atoms with Crippen molar-refractivity contribution in [1.29, 1.82) is 0 Å². The van der Waals surface area contributed by atoms with Gasteiger partial charge in [-0.3, -0.25) is 0 Å². The first kappa shape index (κ1) is 16.2. The molecule has 0 aromatic carbocycles. The van der Waals surface area contributed by atoms with Crippen molar-refractivity contribution in [2.75, 3.05) is 0 Å². The Balaban J connectivity index is 4.95. The number of carboxylic acids is 2. The second kappa shape index (κ2) is 7.48. The normalized spacial score (nSPS) is 13.7. The van der Waals surface area contributed by atoms with E-state index >= 15 is 0 Å². The van der Waals surface area contributed by atoms with Gasteiger partial charge in [0.15, 0.2) is 0 Å². The van der Waals surface area contributed by atoms with Crippen LogP contribution in [0.3, 0.4) is 0 Å². The molecule has 0 aliphatic heterocycles. The molecule has 0 fully saturated rings. The maximum absolute atomic E-state index is 10.9. The number of aliphatic carboxylic acids is 2. The van der Waals surface area contributed by atoms with Crippen molar-refractivity contribution in [3.05, 3.63) is 35.5 Å². The molecule has 18 heavy (non-hydrogen) atoms. The van der Waals surface area contributed by atoms with E-state index in [4.69, 9.17) is 10.2 Å². The van der Waals surface area contributed by atoms with E-state index in [2.05, 4.69) is 0 Å². The van der Waals surface area contributed by atoms with Gasteiger partial charge < -0.3 is 10.2 Å². The van der Waals surface area contributed by atoms with Gasteiger partial charge in [0, 0.05) is 11.1 Å². The highest BCUT2D eigenvalue weighted by molar-refractivity contribution is 5.88. The van der Waals surface area contributed by atoms with Crippen molar-refractivity contribution in [3.63, 3.8) is 0 Å². The first-order chi connectivity index (χ1) is 8.27. The number of allylic oxidation sites excluding steroid dienone is 4. The standard InChI is InChI=1S/C14H20O4/c1-9(2)11(13(15)16)7-5-6-8-12(10(3)4)14(17)18/h5-10H,1-4H3,(H,15,16)(H,17,18)/b6-5+,11-7+,12-8+. The Bertz CT molecular complexity index is 360. The van der Waals surface area contributed by atoms with Crippen molar-refractivity contribution in [2.45, 2.75) is 27.7 Å². The van der Waals surface area contributed by atoms with Crippen LogP contribution in [0, 0.1) is 11.8 Å². The van der Waals surface area contributed by atoms with Gasteiger partial charge in [-0.1, -0.05) is 52.0 Å². The molecule has 0 aliphatic carbocycles. The van der Waals surface area contributed by atoms with Crippen molar-refractivity contribution in [3.8, 4) is 0 Å². The minimum Gasteiger partial charge on any atom is -0.478 e. The average molecular weight is 252 g/mol. The molecule has 0 aliphatic rings. The zero-order chi connectivity index (χ0) is 14.3. The minimum absolute atomic E-state index is 0.0832. The molecule has 0 atom stereocenters. The van der Waals surface area contributed by atoms with Crippen LogP contribution in [0.2, 0.25) is 0 Å². The molecule has 0 spiro atoms. The molecule has 0 aromatic heterocycles. The highest BCUT2D eigenvalue weighted by Gasteiger charge is 2.11. The molecule has 0 saturated heterocycles. The maximum atomic E-state index is 10.9. The summed E-state index contributed by atoms with van der Waals surface area (Å²) in [5.41, 5.74) is 0.585. The van der Waals surface area contributed by atoms with Crippen LogP contribution in [0.25, 0.3) is 0 Å². The largest absolute Gasteiger partial charge is 0.478 e. The summed E-state index contributed by atoms with van der Waals surface area (Å²) in [6.07, 6.45) is 6.08. The molecule has 4 heteroatoms. The fraction of sp³-hybridized carbons (Fsp3) is 0.429. The van der Waals surface area contributed by atoms with E-state index in [1.807, 2.05) is 0 Å². The van der Waals surface area contributed by atoms with Crippen molar-refractivity contribution < 1.29 is 19.8 Å². The minimum atomic E-state index is -0.957. The molecule has 0 radical (unpaired) electrons. The fourth-order valence-electron chi connectivity index (χ4n) is 1.34. The smallest absolute Gasteiger partial charge is 0.331 e. The number of carbonyl (C=O) groups is 2. The third-order valence-corrected chi connectivity index (χ3v) is 2.40. The summed E-state index contributed by atoms with van der Waals surface area (Å²) in [7, 11) is 0. The first-order valence-corrected chi connectivity index (χ1v) is 5.82. The molecule has 0 bridgehead atoms. The lowest BCUT2D eigenvalue weighted by atomic mass is 10.0. The van der Waals surface area contributed by atoms with Crippen LogP contribution >= 0.6 is 0 Å². The van der Waals surface area contributed by atoms with E-state index in [0.717, 1.165) is 0 Å². The van der Waals surface area contributed by atoms with Crippen LogP contribution in [0.4, 0.5) is 0 Å². The number of hydrogen-bond acceptors (Lipinski definition) is 2. The Kier molecular flexibility index (Phi) is 6.71. The summed E-state index contributed by atoms with van der Waals surface area (Å²) in [6, 6.07) is 0. The Morgan fingerprint density at radius 1 is 0.778 bits per heavy atom. The monoisotopic (exact) mass is 252 g/mol. The highest BCUT2D eigenvalue weighted by Crippen LogP contribution is 2.11. The summed E-state index contributed by atoms with van der Waals surface area (Å²) >= 11 is 0. The van der Waals surface area contributed by atoms with Gasteiger partial charge in [-0.05, 0) is 11.8 Å². The maximum Gasteiger partial charge on any atom is 0.331 e. The van der Waals surface area contributed by atoms with Crippen molar-refractivity contribution in [1.82, 2.24) is 0 Å². The third kappa shape index (κ3) is 5.48. The third-order valence-electron chi connectivity index (χ3n) is 2.40. The molecule has 0 saturated carbocycles. The molecule has 100 valence electrons. The second-order valence-corrected chi connectivity index (χ2v) is 4.55. The number of carboxylic acid groups (broad SMARTS) is 2. The van der Waals surface area contributed by atoms with Crippen LogP contribution in [0.5, 0.6) is 0 Å². The van der Waals surface area contributed by atoms with Gasteiger partial charge in [0.05, 0.1) is 0 Å². The predicted octanol–water partition coefficient (Wildman–Crippen LogP) is 2.88. The molecule has 0 amide bonds. The van der Waals surface area contributed by atoms with Gasteiger partial charge in [-0.2, -0.15) is 0 Å². The van der Waals surface area contributed by atoms with Crippen LogP contribution in [0.15, 0.2) is 35.5 Å². The molecule has 2 N–H and O–H groups in total. The summed E-state index contributed by atoms with van der Waals surface area (Å²) < 4.78 is 0. The van der Waals surface area contributed by atoms with E-state index in [1.54, 1.807) is 39.8 Å². The molecule has 0 rings (SSSR count). The van der Waals surface area contributed by atoms with Crippen LogP contribution in [0.1, 0.15) is 27.7 Å². The molecule has 4 nitrogen and oxygen atoms in total. The lowest BCUT2D eigenvalue weighted by molar-refractivity contribution is -0.134. The van der Waals surface area contributed by atoms with Gasteiger partial charge in [-0.25, -0.2) is 9.59 Å². The van der Waals surface area contributed by atoms with E-state index in [0.29, 0.717) is 11.1 Å². The number of rotatable bonds is 6. The van der Waals surface area contributed by atoms with E-state index in [-0.39, 0.29) is 11.8 Å². The van der Waals surface area contributed by atoms with Crippen molar-refractivity contribution in [2.24, 2.45) is 11.8 Å². The quantitative estimate of drug-likeness (QED) is 0.563.